The summed E-state index contributed by atoms with van der Waals surface area (Å²) in [5.41, 5.74) is 0. The lowest BCUT2D eigenvalue weighted by Crippen LogP contribution is -2.17. The number of hydrogen-bond donors (Lipinski definition) is 0. The first-order chi connectivity index (χ1) is 6.11. The van der Waals surface area contributed by atoms with E-state index in [1.54, 1.807) is 0 Å². The van der Waals surface area contributed by atoms with Crippen molar-refractivity contribution in [3.8, 4) is 0 Å². The van der Waals surface area contributed by atoms with Gasteiger partial charge in [-0.15, -0.1) is 0 Å². The molecule has 0 aliphatic rings. The van der Waals surface area contributed by atoms with E-state index in [4.69, 9.17) is 0 Å². The normalized spacial score (nSPS) is 13.3. The summed E-state index contributed by atoms with van der Waals surface area (Å²) in [5, 5.41) is 0.252. The lowest BCUT2D eigenvalue weighted by molar-refractivity contribution is -0.118. The van der Waals surface area contributed by atoms with E-state index >= 15 is 0 Å². The first-order valence-electron chi connectivity index (χ1n) is 5.26. The van der Waals surface area contributed by atoms with Crippen LogP contribution >= 0.6 is 11.8 Å². The minimum Gasteiger partial charge on any atom is -0.298 e. The highest BCUT2D eigenvalue weighted by Gasteiger charge is 2.15. The van der Waals surface area contributed by atoms with Crippen LogP contribution in [0.15, 0.2) is 0 Å². The number of ketones is 1. The fourth-order valence-electron chi connectivity index (χ4n) is 1.15. The lowest BCUT2D eigenvalue weighted by Gasteiger charge is -2.14. The fraction of sp³-hybridized carbons (Fsp3) is 0.909. The van der Waals surface area contributed by atoms with Crippen molar-refractivity contribution in [1.29, 1.82) is 0 Å². The minimum absolute atomic E-state index is 0.252. The van der Waals surface area contributed by atoms with Crippen LogP contribution in [0.5, 0.6) is 0 Å². The molecular weight excluding hydrogens is 180 g/mol. The molecule has 0 N–H and O–H groups in total. The largest absolute Gasteiger partial charge is 0.298 e. The fourth-order valence-corrected chi connectivity index (χ4v) is 2.31. The maximum Gasteiger partial charge on any atom is 0.145 e. The summed E-state index contributed by atoms with van der Waals surface area (Å²) >= 11 is 1.83. The minimum atomic E-state index is 0.252. The molecule has 0 aliphatic carbocycles. The standard InChI is InChI=1S/C11H22OS/c1-5-7-10(12)11(6-2)13-8-9(3)4/h9,11H,5-8H2,1-4H3. The molecule has 1 atom stereocenters. The summed E-state index contributed by atoms with van der Waals surface area (Å²) < 4.78 is 0. The van der Waals surface area contributed by atoms with Crippen molar-refractivity contribution in [1.82, 2.24) is 0 Å². The van der Waals surface area contributed by atoms with Gasteiger partial charge in [-0.3, -0.25) is 4.79 Å². The van der Waals surface area contributed by atoms with E-state index in [-0.39, 0.29) is 5.25 Å². The molecule has 0 amide bonds. The molecule has 0 heterocycles. The Bertz CT molecular complexity index is 143. The third-order valence-corrected chi connectivity index (χ3v) is 3.71. The van der Waals surface area contributed by atoms with Gasteiger partial charge in [0.05, 0.1) is 5.25 Å². The molecule has 13 heavy (non-hydrogen) atoms. The molecule has 0 saturated heterocycles. The zero-order valence-corrected chi connectivity index (χ0v) is 10.1. The second-order valence-corrected chi connectivity index (χ2v) is 5.08. The van der Waals surface area contributed by atoms with Crippen LogP contribution < -0.4 is 0 Å². The van der Waals surface area contributed by atoms with Crippen LogP contribution in [-0.4, -0.2) is 16.8 Å². The van der Waals surface area contributed by atoms with Gasteiger partial charge in [0.15, 0.2) is 0 Å². The highest BCUT2D eigenvalue weighted by molar-refractivity contribution is 8.00. The third kappa shape index (κ3) is 6.14. The Kier molecular flexibility index (Phi) is 7.44. The lowest BCUT2D eigenvalue weighted by atomic mass is 10.1. The zero-order chi connectivity index (χ0) is 10.3. The average Bonchev–Trinajstić information content (AvgIpc) is 2.05. The summed E-state index contributed by atoms with van der Waals surface area (Å²) in [6.45, 7) is 8.57. The van der Waals surface area contributed by atoms with Gasteiger partial charge < -0.3 is 0 Å². The summed E-state index contributed by atoms with van der Waals surface area (Å²) in [6, 6.07) is 0. The van der Waals surface area contributed by atoms with Crippen LogP contribution in [0.4, 0.5) is 0 Å². The molecule has 0 saturated carbocycles. The molecule has 0 rings (SSSR count). The molecule has 78 valence electrons. The van der Waals surface area contributed by atoms with E-state index in [9.17, 15) is 4.79 Å². The van der Waals surface area contributed by atoms with Gasteiger partial charge in [-0.1, -0.05) is 27.7 Å². The summed E-state index contributed by atoms with van der Waals surface area (Å²) in [6.07, 6.45) is 2.72. The highest BCUT2D eigenvalue weighted by atomic mass is 32.2. The van der Waals surface area contributed by atoms with E-state index in [0.717, 1.165) is 25.0 Å². The molecule has 0 aromatic rings. The van der Waals surface area contributed by atoms with E-state index < -0.39 is 0 Å². The Morgan fingerprint density at radius 2 is 1.92 bits per heavy atom. The highest BCUT2D eigenvalue weighted by Crippen LogP contribution is 2.20. The Balaban J connectivity index is 3.80. The van der Waals surface area contributed by atoms with Crippen LogP contribution in [0.1, 0.15) is 47.0 Å². The van der Waals surface area contributed by atoms with Gasteiger partial charge in [0, 0.05) is 6.42 Å². The third-order valence-electron chi connectivity index (χ3n) is 1.86. The quantitative estimate of drug-likeness (QED) is 0.628. The van der Waals surface area contributed by atoms with Gasteiger partial charge in [-0.2, -0.15) is 11.8 Å². The second-order valence-electron chi connectivity index (χ2n) is 3.84. The maximum atomic E-state index is 11.6. The van der Waals surface area contributed by atoms with Crippen molar-refractivity contribution in [3.05, 3.63) is 0 Å². The smallest absolute Gasteiger partial charge is 0.145 e. The monoisotopic (exact) mass is 202 g/mol. The molecule has 0 aromatic heterocycles. The predicted molar refractivity (Wildman–Crippen MR) is 61.3 cm³/mol. The summed E-state index contributed by atoms with van der Waals surface area (Å²) in [4.78, 5) is 11.6. The summed E-state index contributed by atoms with van der Waals surface area (Å²) in [7, 11) is 0. The molecule has 1 nitrogen and oxygen atoms in total. The molecule has 0 aromatic carbocycles. The van der Waals surface area contributed by atoms with Crippen LogP contribution in [0.25, 0.3) is 0 Å². The van der Waals surface area contributed by atoms with Crippen molar-refractivity contribution < 1.29 is 4.79 Å². The van der Waals surface area contributed by atoms with Crippen molar-refractivity contribution in [2.75, 3.05) is 5.75 Å². The Morgan fingerprint density at radius 3 is 2.31 bits per heavy atom. The molecule has 0 spiro atoms. The molecule has 0 fully saturated rings. The number of carbonyl (C=O) groups excluding carboxylic acids is 1. The van der Waals surface area contributed by atoms with Gasteiger partial charge in [-0.25, -0.2) is 0 Å². The second kappa shape index (κ2) is 7.43. The summed E-state index contributed by atoms with van der Waals surface area (Å²) in [5.74, 6) is 2.23. The Morgan fingerprint density at radius 1 is 1.31 bits per heavy atom. The maximum absolute atomic E-state index is 11.6. The molecule has 1 unspecified atom stereocenters. The van der Waals surface area contributed by atoms with Crippen molar-refractivity contribution in [2.45, 2.75) is 52.2 Å². The topological polar surface area (TPSA) is 17.1 Å². The van der Waals surface area contributed by atoms with Gasteiger partial charge in [-0.05, 0) is 24.5 Å². The number of rotatable bonds is 7. The number of hydrogen-bond acceptors (Lipinski definition) is 2. The van der Waals surface area contributed by atoms with E-state index in [2.05, 4.69) is 27.7 Å². The van der Waals surface area contributed by atoms with Crippen molar-refractivity contribution in [2.24, 2.45) is 5.92 Å². The Hall–Kier alpha value is 0.0200. The molecule has 0 aliphatic heterocycles. The van der Waals surface area contributed by atoms with Gasteiger partial charge in [0.25, 0.3) is 0 Å². The average molecular weight is 202 g/mol. The number of Topliss-reactive ketones (excluding diaryl/α,β-unsaturated/α-hetero) is 1. The van der Waals surface area contributed by atoms with Gasteiger partial charge in [0.2, 0.25) is 0 Å². The molecule has 0 radical (unpaired) electrons. The van der Waals surface area contributed by atoms with Crippen LogP contribution in [0, 0.1) is 5.92 Å². The van der Waals surface area contributed by atoms with Crippen LogP contribution in [-0.2, 0) is 4.79 Å². The number of thioether (sulfide) groups is 1. The van der Waals surface area contributed by atoms with Crippen LogP contribution in [0.2, 0.25) is 0 Å². The zero-order valence-electron chi connectivity index (χ0n) is 9.30. The first kappa shape index (κ1) is 13.0. The van der Waals surface area contributed by atoms with Gasteiger partial charge >= 0.3 is 0 Å². The SMILES string of the molecule is CCCC(=O)C(CC)SCC(C)C. The predicted octanol–water partition coefficient (Wildman–Crippen LogP) is 3.52. The van der Waals surface area contributed by atoms with Crippen molar-refractivity contribution >= 4 is 17.5 Å². The molecule has 0 bridgehead atoms. The molecule has 2 heteroatoms. The first-order valence-corrected chi connectivity index (χ1v) is 6.30. The van der Waals surface area contributed by atoms with Gasteiger partial charge in [0.1, 0.15) is 5.78 Å². The van der Waals surface area contributed by atoms with E-state index in [0.29, 0.717) is 11.7 Å². The van der Waals surface area contributed by atoms with E-state index in [1.807, 2.05) is 11.8 Å². The van der Waals surface area contributed by atoms with Crippen molar-refractivity contribution in [3.63, 3.8) is 0 Å². The number of carbonyl (C=O) groups is 1. The van der Waals surface area contributed by atoms with Crippen LogP contribution in [0.3, 0.4) is 0 Å². The van der Waals surface area contributed by atoms with E-state index in [1.165, 1.54) is 0 Å². The molecular formula is C11H22OS. The Labute approximate surface area is 86.7 Å².